The van der Waals surface area contributed by atoms with E-state index in [0.717, 1.165) is 22.3 Å². The Labute approximate surface area is 157 Å². The molecule has 1 amide bonds. The summed E-state index contributed by atoms with van der Waals surface area (Å²) in [6, 6.07) is 9.61. The van der Waals surface area contributed by atoms with Crippen molar-refractivity contribution in [3.63, 3.8) is 0 Å². The van der Waals surface area contributed by atoms with Gasteiger partial charge in [0.2, 0.25) is 0 Å². The number of ether oxygens (including phenoxy) is 1. The van der Waals surface area contributed by atoms with Crippen molar-refractivity contribution in [3.8, 4) is 5.75 Å². The molecule has 1 aromatic carbocycles. The summed E-state index contributed by atoms with van der Waals surface area (Å²) >= 11 is 0. The second-order valence-corrected chi connectivity index (χ2v) is 7.29. The number of aromatic nitrogens is 3. The lowest BCUT2D eigenvalue weighted by Gasteiger charge is -2.37. The van der Waals surface area contributed by atoms with Crippen molar-refractivity contribution in [1.82, 2.24) is 20.1 Å². The van der Waals surface area contributed by atoms with Crippen LogP contribution in [0, 0.1) is 0 Å². The van der Waals surface area contributed by atoms with Crippen molar-refractivity contribution in [2.45, 2.75) is 31.8 Å². The molecule has 1 aliphatic rings. The lowest BCUT2D eigenvalue weighted by atomic mass is 9.89. The third kappa shape index (κ3) is 3.14. The maximum absolute atomic E-state index is 12.8. The highest BCUT2D eigenvalue weighted by molar-refractivity contribution is 5.97. The molecule has 1 atom stereocenters. The van der Waals surface area contributed by atoms with E-state index in [0.29, 0.717) is 12.0 Å². The van der Waals surface area contributed by atoms with E-state index in [2.05, 4.69) is 15.4 Å². The molecule has 2 N–H and O–H groups in total. The van der Waals surface area contributed by atoms with E-state index in [1.165, 1.54) is 0 Å². The molecular weight excluding hydrogens is 344 g/mol. The first-order valence-electron chi connectivity index (χ1n) is 8.99. The number of nitrogens with zero attached hydrogens (tertiary/aromatic N) is 3. The number of aliphatic hydroxyl groups is 1. The molecule has 3 aromatic rings. The smallest absolute Gasteiger partial charge is 0.253 e. The van der Waals surface area contributed by atoms with Crippen LogP contribution in [0.4, 0.5) is 0 Å². The number of hydrogen-bond acceptors (Lipinski definition) is 5. The minimum Gasteiger partial charge on any atom is -0.491 e. The predicted octanol–water partition coefficient (Wildman–Crippen LogP) is 2.11. The average Bonchev–Trinajstić information content (AvgIpc) is 3.11. The number of hydrogen-bond donors (Lipinski definition) is 2. The fourth-order valence-corrected chi connectivity index (χ4v) is 3.40. The zero-order valence-corrected chi connectivity index (χ0v) is 15.3. The molecule has 0 aliphatic carbocycles. The van der Waals surface area contributed by atoms with Crippen LogP contribution in [-0.2, 0) is 6.42 Å². The van der Waals surface area contributed by atoms with E-state index >= 15 is 0 Å². The summed E-state index contributed by atoms with van der Waals surface area (Å²) in [5.41, 5.74) is 1.28. The molecular formula is C20H22N4O3. The van der Waals surface area contributed by atoms with Gasteiger partial charge in [-0.15, -0.1) is 0 Å². The van der Waals surface area contributed by atoms with Crippen LogP contribution in [0.5, 0.6) is 5.75 Å². The van der Waals surface area contributed by atoms with Crippen LogP contribution in [0.2, 0.25) is 0 Å². The molecule has 7 nitrogen and oxygen atoms in total. The molecule has 1 aliphatic heterocycles. The number of nitrogens with one attached hydrogen (secondary N) is 1. The molecule has 0 saturated heterocycles. The largest absolute Gasteiger partial charge is 0.491 e. The maximum Gasteiger partial charge on any atom is 0.253 e. The first kappa shape index (κ1) is 17.5. The van der Waals surface area contributed by atoms with Crippen molar-refractivity contribution in [2.24, 2.45) is 0 Å². The van der Waals surface area contributed by atoms with E-state index in [-0.39, 0.29) is 25.2 Å². The van der Waals surface area contributed by atoms with Gasteiger partial charge in [0, 0.05) is 24.0 Å². The highest BCUT2D eigenvalue weighted by atomic mass is 16.5. The van der Waals surface area contributed by atoms with Crippen molar-refractivity contribution in [1.29, 1.82) is 0 Å². The normalized spacial score (nSPS) is 19.0. The molecule has 3 heterocycles. The van der Waals surface area contributed by atoms with Gasteiger partial charge in [-0.25, -0.2) is 9.67 Å². The highest BCUT2D eigenvalue weighted by Gasteiger charge is 2.37. The number of aliphatic hydroxyl groups excluding tert-OH is 1. The summed E-state index contributed by atoms with van der Waals surface area (Å²) in [6.45, 7) is 4.06. The monoisotopic (exact) mass is 366 g/mol. The Morgan fingerprint density at radius 1 is 1.37 bits per heavy atom. The fourth-order valence-electron chi connectivity index (χ4n) is 3.40. The summed E-state index contributed by atoms with van der Waals surface area (Å²) in [6.07, 6.45) is 3.76. The van der Waals surface area contributed by atoms with Gasteiger partial charge in [-0.2, -0.15) is 5.10 Å². The second kappa shape index (κ2) is 6.66. The van der Waals surface area contributed by atoms with Crippen molar-refractivity contribution in [2.75, 3.05) is 13.2 Å². The summed E-state index contributed by atoms with van der Waals surface area (Å²) in [5, 5.41) is 18.1. The SMILES string of the molecule is CC(C)n1ncc2cc(C(=O)NC3(CO)COc4ccccc4C3)cnc21. The number of para-hydroxylation sites is 1. The van der Waals surface area contributed by atoms with E-state index in [9.17, 15) is 9.90 Å². The lowest BCUT2D eigenvalue weighted by molar-refractivity contribution is 0.0653. The topological polar surface area (TPSA) is 89.3 Å². The Balaban J connectivity index is 1.58. The third-order valence-corrected chi connectivity index (χ3v) is 4.87. The summed E-state index contributed by atoms with van der Waals surface area (Å²) in [7, 11) is 0. The molecule has 0 radical (unpaired) electrons. The number of carbonyl (C=O) groups is 1. The number of pyridine rings is 1. The molecule has 1 unspecified atom stereocenters. The summed E-state index contributed by atoms with van der Waals surface area (Å²) in [5.74, 6) is 0.499. The van der Waals surface area contributed by atoms with Crippen LogP contribution in [0.1, 0.15) is 35.8 Å². The molecule has 4 rings (SSSR count). The molecule has 140 valence electrons. The zero-order valence-electron chi connectivity index (χ0n) is 15.3. The van der Waals surface area contributed by atoms with Crippen LogP contribution in [-0.4, -0.2) is 44.5 Å². The van der Waals surface area contributed by atoms with Gasteiger partial charge in [0.15, 0.2) is 5.65 Å². The predicted molar refractivity (Wildman–Crippen MR) is 101 cm³/mol. The number of carbonyl (C=O) groups excluding carboxylic acids is 1. The lowest BCUT2D eigenvalue weighted by Crippen LogP contribution is -2.58. The summed E-state index contributed by atoms with van der Waals surface area (Å²) in [4.78, 5) is 17.2. The first-order chi connectivity index (χ1) is 13.0. The minimum atomic E-state index is -0.859. The number of fused-ring (bicyclic) bond motifs is 2. The van der Waals surface area contributed by atoms with Crippen LogP contribution in [0.25, 0.3) is 11.0 Å². The second-order valence-electron chi connectivity index (χ2n) is 7.29. The summed E-state index contributed by atoms with van der Waals surface area (Å²) < 4.78 is 7.58. The van der Waals surface area contributed by atoms with Gasteiger partial charge in [-0.05, 0) is 31.5 Å². The van der Waals surface area contributed by atoms with Gasteiger partial charge >= 0.3 is 0 Å². The highest BCUT2D eigenvalue weighted by Crippen LogP contribution is 2.29. The van der Waals surface area contributed by atoms with Gasteiger partial charge in [-0.3, -0.25) is 4.79 Å². The quantitative estimate of drug-likeness (QED) is 0.738. The average molecular weight is 366 g/mol. The zero-order chi connectivity index (χ0) is 19.0. The minimum absolute atomic E-state index is 0.187. The number of amides is 1. The van der Waals surface area contributed by atoms with Crippen LogP contribution < -0.4 is 10.1 Å². The molecule has 0 saturated carbocycles. The Hall–Kier alpha value is -2.93. The molecule has 2 aromatic heterocycles. The van der Waals surface area contributed by atoms with Gasteiger partial charge in [0.05, 0.1) is 18.4 Å². The Morgan fingerprint density at radius 3 is 2.96 bits per heavy atom. The van der Waals surface area contributed by atoms with E-state index in [1.807, 2.05) is 42.8 Å². The van der Waals surface area contributed by atoms with Crippen molar-refractivity contribution in [3.05, 3.63) is 53.9 Å². The molecule has 0 bridgehead atoms. The molecule has 0 spiro atoms. The maximum atomic E-state index is 12.8. The van der Waals surface area contributed by atoms with Gasteiger partial charge < -0.3 is 15.2 Å². The Bertz CT molecular complexity index is 998. The van der Waals surface area contributed by atoms with Gasteiger partial charge in [-0.1, -0.05) is 18.2 Å². The number of benzene rings is 1. The molecule has 27 heavy (non-hydrogen) atoms. The number of rotatable bonds is 4. The third-order valence-electron chi connectivity index (χ3n) is 4.87. The van der Waals surface area contributed by atoms with Crippen molar-refractivity contribution < 1.29 is 14.6 Å². The van der Waals surface area contributed by atoms with Crippen LogP contribution in [0.3, 0.4) is 0 Å². The van der Waals surface area contributed by atoms with E-state index in [1.54, 1.807) is 18.5 Å². The first-order valence-corrected chi connectivity index (χ1v) is 8.99. The Kier molecular flexibility index (Phi) is 4.31. The van der Waals surface area contributed by atoms with Gasteiger partial charge in [0.25, 0.3) is 5.91 Å². The van der Waals surface area contributed by atoms with Crippen molar-refractivity contribution >= 4 is 16.9 Å². The van der Waals surface area contributed by atoms with Crippen LogP contribution in [0.15, 0.2) is 42.7 Å². The Morgan fingerprint density at radius 2 is 2.19 bits per heavy atom. The van der Waals surface area contributed by atoms with E-state index < -0.39 is 5.54 Å². The van der Waals surface area contributed by atoms with Gasteiger partial charge in [0.1, 0.15) is 17.9 Å². The van der Waals surface area contributed by atoms with E-state index in [4.69, 9.17) is 4.74 Å². The fraction of sp³-hybridized carbons (Fsp3) is 0.350. The molecule has 7 heteroatoms. The van der Waals surface area contributed by atoms with Crippen LogP contribution >= 0.6 is 0 Å². The standard InChI is InChI=1S/C20H22N4O3/c1-13(2)24-18-15(10-22-24)7-16(9-21-18)19(26)23-20(11-25)8-14-5-3-4-6-17(14)27-12-20/h3-7,9-10,13,25H,8,11-12H2,1-2H3,(H,23,26). The molecule has 0 fully saturated rings.